The highest BCUT2D eigenvalue weighted by molar-refractivity contribution is 7.96. The highest BCUT2D eigenvalue weighted by atomic mass is 32.2. The Kier molecular flexibility index (Phi) is 4.58. The molecule has 0 aliphatic carbocycles. The second-order valence-electron chi connectivity index (χ2n) is 6.22. The van der Waals surface area contributed by atoms with Gasteiger partial charge in [-0.1, -0.05) is 26.0 Å². The molecule has 2 aromatic carbocycles. The maximum absolute atomic E-state index is 13.7. The molecule has 26 heavy (non-hydrogen) atoms. The number of fused-ring (bicyclic) bond motifs is 1. The molecule has 0 fully saturated rings. The van der Waals surface area contributed by atoms with Crippen LogP contribution in [0.15, 0.2) is 58.5 Å². The molecule has 0 saturated carbocycles. The lowest BCUT2D eigenvalue weighted by molar-refractivity contribution is -0.135. The Morgan fingerprint density at radius 1 is 1.12 bits per heavy atom. The number of methoxy groups -OCH3 is 1. The minimum atomic E-state index is -4.17. The van der Waals surface area contributed by atoms with Gasteiger partial charge in [0.15, 0.2) is 4.91 Å². The Bertz CT molecular complexity index is 995. The molecule has 5 nitrogen and oxygen atoms in total. The lowest BCUT2D eigenvalue weighted by Crippen LogP contribution is -2.26. The van der Waals surface area contributed by atoms with Crippen LogP contribution in [0.3, 0.4) is 0 Å². The quantitative estimate of drug-likeness (QED) is 0.762. The number of carbonyl (C=O) groups excluding carboxylic acids is 1. The molecule has 0 radical (unpaired) electrons. The number of anilines is 2. The summed E-state index contributed by atoms with van der Waals surface area (Å²) in [7, 11) is -3.08. The third kappa shape index (κ3) is 2.99. The molecule has 0 unspecified atom stereocenters. The van der Waals surface area contributed by atoms with E-state index < -0.39 is 26.5 Å². The maximum Gasteiger partial charge on any atom is 0.351 e. The summed E-state index contributed by atoms with van der Waals surface area (Å²) in [6.45, 7) is 4.13. The van der Waals surface area contributed by atoms with Gasteiger partial charge < -0.3 is 9.64 Å². The van der Waals surface area contributed by atoms with Gasteiger partial charge in [-0.25, -0.2) is 17.6 Å². The zero-order valence-corrected chi connectivity index (χ0v) is 15.4. The summed E-state index contributed by atoms with van der Waals surface area (Å²) in [6.07, 6.45) is 1.21. The van der Waals surface area contributed by atoms with E-state index in [9.17, 15) is 17.6 Å². The van der Waals surface area contributed by atoms with E-state index in [0.29, 0.717) is 11.6 Å². The van der Waals surface area contributed by atoms with Gasteiger partial charge >= 0.3 is 5.97 Å². The Morgan fingerprint density at radius 3 is 2.35 bits per heavy atom. The van der Waals surface area contributed by atoms with Crippen LogP contribution >= 0.6 is 0 Å². The van der Waals surface area contributed by atoms with Crippen LogP contribution in [0.2, 0.25) is 0 Å². The molecular formula is C19H18FNO4S. The van der Waals surface area contributed by atoms with Crippen molar-refractivity contribution in [2.45, 2.75) is 24.7 Å². The topological polar surface area (TPSA) is 63.7 Å². The van der Waals surface area contributed by atoms with E-state index in [2.05, 4.69) is 18.6 Å². The molecule has 1 aliphatic heterocycles. The van der Waals surface area contributed by atoms with Crippen LogP contribution in [-0.2, 0) is 19.4 Å². The highest BCUT2D eigenvalue weighted by Crippen LogP contribution is 2.40. The lowest BCUT2D eigenvalue weighted by atomic mass is 10.0. The number of hydrogen-bond acceptors (Lipinski definition) is 5. The average Bonchev–Trinajstić information content (AvgIpc) is 2.62. The zero-order chi connectivity index (χ0) is 19.1. The van der Waals surface area contributed by atoms with E-state index in [1.807, 2.05) is 24.3 Å². The van der Waals surface area contributed by atoms with Crippen LogP contribution in [0.1, 0.15) is 25.3 Å². The number of hydrogen-bond donors (Lipinski definition) is 0. The number of esters is 1. The summed E-state index contributed by atoms with van der Waals surface area (Å²) in [5, 5.41) is 0. The van der Waals surface area contributed by atoms with Crippen molar-refractivity contribution < 1.29 is 22.3 Å². The van der Waals surface area contributed by atoms with Gasteiger partial charge in [0.25, 0.3) is 0 Å². The third-order valence-electron chi connectivity index (χ3n) is 4.23. The smallest absolute Gasteiger partial charge is 0.351 e. The zero-order valence-electron chi connectivity index (χ0n) is 14.6. The number of rotatable bonds is 3. The Morgan fingerprint density at radius 2 is 1.77 bits per heavy atom. The first-order valence-electron chi connectivity index (χ1n) is 7.99. The molecule has 0 N–H and O–H groups in total. The third-order valence-corrected chi connectivity index (χ3v) is 5.99. The van der Waals surface area contributed by atoms with Crippen LogP contribution in [0.4, 0.5) is 15.8 Å². The molecule has 0 aromatic heterocycles. The lowest BCUT2D eigenvalue weighted by Gasteiger charge is -2.28. The summed E-state index contributed by atoms with van der Waals surface area (Å²) in [5.74, 6) is -1.36. The Hall–Kier alpha value is -2.67. The van der Waals surface area contributed by atoms with Gasteiger partial charge in [0.05, 0.1) is 17.7 Å². The van der Waals surface area contributed by atoms with Crippen molar-refractivity contribution in [3.05, 3.63) is 65.0 Å². The second kappa shape index (κ2) is 6.57. The number of halogens is 1. The van der Waals surface area contributed by atoms with Crippen LogP contribution in [0.5, 0.6) is 0 Å². The van der Waals surface area contributed by atoms with Gasteiger partial charge in [0, 0.05) is 11.9 Å². The van der Waals surface area contributed by atoms with Crippen LogP contribution in [0, 0.1) is 5.82 Å². The minimum absolute atomic E-state index is 0.270. The van der Waals surface area contributed by atoms with E-state index in [1.165, 1.54) is 18.3 Å². The first-order chi connectivity index (χ1) is 12.3. The van der Waals surface area contributed by atoms with Gasteiger partial charge in [-0.3, -0.25) is 0 Å². The molecule has 3 rings (SSSR count). The molecule has 2 aromatic rings. The predicted octanol–water partition coefficient (Wildman–Crippen LogP) is 3.89. The molecular weight excluding hydrogens is 357 g/mol. The minimum Gasteiger partial charge on any atom is -0.465 e. The first kappa shape index (κ1) is 18.1. The summed E-state index contributed by atoms with van der Waals surface area (Å²) >= 11 is 0. The van der Waals surface area contributed by atoms with Crippen molar-refractivity contribution >= 4 is 27.2 Å². The van der Waals surface area contributed by atoms with E-state index in [1.54, 1.807) is 4.90 Å². The molecule has 7 heteroatoms. The summed E-state index contributed by atoms with van der Waals surface area (Å²) in [4.78, 5) is 12.7. The molecule has 1 heterocycles. The largest absolute Gasteiger partial charge is 0.465 e. The normalized spacial score (nSPS) is 15.4. The van der Waals surface area contributed by atoms with Gasteiger partial charge in [-0.15, -0.1) is 0 Å². The average molecular weight is 375 g/mol. The first-order valence-corrected chi connectivity index (χ1v) is 9.48. The van der Waals surface area contributed by atoms with E-state index in [4.69, 9.17) is 0 Å². The fourth-order valence-corrected chi connectivity index (χ4v) is 4.27. The van der Waals surface area contributed by atoms with Gasteiger partial charge in [-0.2, -0.15) is 0 Å². The molecule has 0 atom stereocenters. The van der Waals surface area contributed by atoms with Crippen molar-refractivity contribution in [1.29, 1.82) is 0 Å². The van der Waals surface area contributed by atoms with Crippen molar-refractivity contribution in [1.82, 2.24) is 0 Å². The molecule has 0 bridgehead atoms. The summed E-state index contributed by atoms with van der Waals surface area (Å²) in [5.41, 5.74) is 2.05. The highest BCUT2D eigenvalue weighted by Gasteiger charge is 2.36. The van der Waals surface area contributed by atoms with Gasteiger partial charge in [0.1, 0.15) is 5.82 Å². The number of sulfone groups is 1. The van der Waals surface area contributed by atoms with Crippen molar-refractivity contribution in [3.8, 4) is 0 Å². The van der Waals surface area contributed by atoms with Crippen LogP contribution < -0.4 is 4.90 Å². The maximum atomic E-state index is 13.7. The van der Waals surface area contributed by atoms with E-state index in [0.717, 1.165) is 18.7 Å². The number of ether oxygens (including phenoxy) is 1. The van der Waals surface area contributed by atoms with Gasteiger partial charge in [0.2, 0.25) is 9.84 Å². The number of benzene rings is 2. The SMILES string of the molecule is COC(=O)C1=CN(c2ccc(C(C)C)cc2)c2ccc(F)cc2S1(=O)=O. The second-order valence-corrected chi connectivity index (χ2v) is 8.10. The van der Waals surface area contributed by atoms with Crippen LogP contribution in [0.25, 0.3) is 0 Å². The Balaban J connectivity index is 2.22. The van der Waals surface area contributed by atoms with E-state index >= 15 is 0 Å². The van der Waals surface area contributed by atoms with Crippen molar-refractivity contribution in [2.75, 3.05) is 12.0 Å². The van der Waals surface area contributed by atoms with Crippen molar-refractivity contribution in [2.24, 2.45) is 0 Å². The monoisotopic (exact) mass is 375 g/mol. The fourth-order valence-electron chi connectivity index (χ4n) is 2.77. The number of carbonyl (C=O) groups is 1. The molecule has 0 spiro atoms. The van der Waals surface area contributed by atoms with Gasteiger partial charge in [-0.05, 0) is 41.8 Å². The summed E-state index contributed by atoms with van der Waals surface area (Å²) < 4.78 is 43.7. The molecule has 0 amide bonds. The van der Waals surface area contributed by atoms with E-state index in [-0.39, 0.29) is 10.6 Å². The molecule has 136 valence electrons. The molecule has 0 saturated heterocycles. The fraction of sp³-hybridized carbons (Fsp3) is 0.211. The molecule has 1 aliphatic rings. The summed E-state index contributed by atoms with van der Waals surface area (Å²) in [6, 6.07) is 11.0. The van der Waals surface area contributed by atoms with Crippen molar-refractivity contribution in [3.63, 3.8) is 0 Å². The standard InChI is InChI=1S/C19H18FNO4S/c1-12(2)13-4-7-15(8-5-13)21-11-18(19(22)25-3)26(23,24)17-10-14(20)6-9-16(17)21/h4-12H,1-3H3. The predicted molar refractivity (Wildman–Crippen MR) is 96.4 cm³/mol. The Labute approximate surface area is 151 Å². The number of nitrogens with zero attached hydrogens (tertiary/aromatic N) is 1. The van der Waals surface area contributed by atoms with Crippen LogP contribution in [-0.4, -0.2) is 21.5 Å².